The van der Waals surface area contributed by atoms with Gasteiger partial charge in [-0.15, -0.1) is 0 Å². The number of likely N-dealkylation sites (N-methyl/N-ethyl adjacent to an activating group) is 1. The topological polar surface area (TPSA) is 120 Å². The van der Waals surface area contributed by atoms with Crippen LogP contribution in [0.25, 0.3) is 22.5 Å². The Morgan fingerprint density at radius 2 is 1.76 bits per heavy atom. The lowest BCUT2D eigenvalue weighted by atomic mass is 10.2. The average Bonchev–Trinajstić information content (AvgIpc) is 3.77. The van der Waals surface area contributed by atoms with Crippen molar-refractivity contribution >= 4 is 28.6 Å². The van der Waals surface area contributed by atoms with Crippen LogP contribution in [0.3, 0.4) is 0 Å². The van der Waals surface area contributed by atoms with E-state index in [-0.39, 0.29) is 17.4 Å². The smallest absolute Gasteiger partial charge is 0.339 e. The maximum atomic E-state index is 14.0. The Morgan fingerprint density at radius 3 is 2.50 bits per heavy atom. The molecule has 3 N–H and O–H groups in total. The largest absolute Gasteiger partial charge is 0.457 e. The Morgan fingerprint density at radius 1 is 1.02 bits per heavy atom. The van der Waals surface area contributed by atoms with Gasteiger partial charge in [0.2, 0.25) is 5.91 Å². The van der Waals surface area contributed by atoms with E-state index >= 15 is 0 Å². The second-order valence-corrected chi connectivity index (χ2v) is 10.4. The van der Waals surface area contributed by atoms with Gasteiger partial charge in [-0.2, -0.15) is 0 Å². The number of rotatable bonds is 9. The first-order valence-corrected chi connectivity index (χ1v) is 13.7. The highest BCUT2D eigenvalue weighted by atomic mass is 16.5. The van der Waals surface area contributed by atoms with E-state index in [0.717, 1.165) is 5.56 Å². The van der Waals surface area contributed by atoms with Crippen molar-refractivity contribution in [2.45, 2.75) is 25.8 Å². The lowest BCUT2D eigenvalue weighted by Crippen LogP contribution is -2.22. The molecule has 1 aliphatic rings. The molecule has 1 aliphatic carbocycles. The van der Waals surface area contributed by atoms with Gasteiger partial charge in [0.05, 0.1) is 11.4 Å². The lowest BCUT2D eigenvalue weighted by Gasteiger charge is -2.12. The highest BCUT2D eigenvalue weighted by Gasteiger charge is 2.25. The second kappa shape index (κ2) is 11.3. The van der Waals surface area contributed by atoms with Crippen molar-refractivity contribution in [1.82, 2.24) is 24.0 Å². The summed E-state index contributed by atoms with van der Waals surface area (Å²) in [7, 11) is 2.06. The number of nitrogens with one attached hydrogen (secondary N) is 1. The predicted molar refractivity (Wildman–Crippen MR) is 164 cm³/mol. The number of carbonyl (C=O) groups is 1. The molecule has 1 amide bonds. The number of ether oxygens (including phenoxy) is 1. The lowest BCUT2D eigenvalue weighted by molar-refractivity contribution is -0.111. The molecule has 5 aromatic rings. The second-order valence-electron chi connectivity index (χ2n) is 10.4. The minimum absolute atomic E-state index is 0.169. The molecule has 6 rings (SSSR count). The van der Waals surface area contributed by atoms with Gasteiger partial charge in [0.1, 0.15) is 23.3 Å². The van der Waals surface area contributed by atoms with Crippen molar-refractivity contribution in [1.29, 1.82) is 0 Å². The number of imidazole rings is 1. The van der Waals surface area contributed by atoms with Crippen LogP contribution in [0.15, 0.2) is 96.1 Å². The Bertz CT molecular complexity index is 1840. The fraction of sp³-hybridized carbons (Fsp3) is 0.188. The van der Waals surface area contributed by atoms with E-state index in [4.69, 9.17) is 10.5 Å². The van der Waals surface area contributed by atoms with Gasteiger partial charge in [-0.05, 0) is 87.0 Å². The third-order valence-electron chi connectivity index (χ3n) is 7.14. The van der Waals surface area contributed by atoms with Crippen LogP contribution in [0.1, 0.15) is 18.4 Å². The van der Waals surface area contributed by atoms with Crippen LogP contribution < -0.4 is 21.5 Å². The zero-order valence-electron chi connectivity index (χ0n) is 23.4. The molecule has 2 aromatic heterocycles. The van der Waals surface area contributed by atoms with E-state index in [9.17, 15) is 9.59 Å². The fourth-order valence-corrected chi connectivity index (χ4v) is 4.95. The summed E-state index contributed by atoms with van der Waals surface area (Å²) in [6, 6.07) is 22.7. The Balaban J connectivity index is 1.33. The average molecular weight is 562 g/mol. The number of amides is 1. The number of carbonyl (C=O) groups excluding carboxylic acids is 1. The summed E-state index contributed by atoms with van der Waals surface area (Å²) in [6.45, 7) is 2.62. The molecule has 1 fully saturated rings. The zero-order valence-corrected chi connectivity index (χ0v) is 23.4. The highest BCUT2D eigenvalue weighted by Crippen LogP contribution is 2.27. The molecule has 10 nitrogen and oxygen atoms in total. The van der Waals surface area contributed by atoms with Crippen LogP contribution in [0.5, 0.6) is 11.5 Å². The quantitative estimate of drug-likeness (QED) is 0.247. The summed E-state index contributed by atoms with van der Waals surface area (Å²) < 4.78 is 8.87. The van der Waals surface area contributed by atoms with Gasteiger partial charge in [-0.25, -0.2) is 19.3 Å². The first-order chi connectivity index (χ1) is 20.4. The molecule has 0 unspecified atom stereocenters. The van der Waals surface area contributed by atoms with Gasteiger partial charge in [0.15, 0.2) is 11.5 Å². The van der Waals surface area contributed by atoms with Gasteiger partial charge >= 0.3 is 5.69 Å². The summed E-state index contributed by atoms with van der Waals surface area (Å²) in [5.41, 5.74) is 9.18. The van der Waals surface area contributed by atoms with E-state index in [0.29, 0.717) is 52.3 Å². The Labute approximate surface area is 242 Å². The number of fused-ring (bicyclic) bond motifs is 1. The monoisotopic (exact) mass is 561 g/mol. The first-order valence-electron chi connectivity index (χ1n) is 13.7. The van der Waals surface area contributed by atoms with Crippen LogP contribution in [0.4, 0.5) is 11.5 Å². The van der Waals surface area contributed by atoms with Crippen molar-refractivity contribution in [3.05, 3.63) is 107 Å². The van der Waals surface area contributed by atoms with Gasteiger partial charge in [0.25, 0.3) is 0 Å². The molecule has 1 saturated carbocycles. The van der Waals surface area contributed by atoms with E-state index in [2.05, 4.69) is 27.2 Å². The molecular weight excluding hydrogens is 530 g/mol. The van der Waals surface area contributed by atoms with Crippen LogP contribution in [0, 0.1) is 6.92 Å². The van der Waals surface area contributed by atoms with Gasteiger partial charge in [-0.3, -0.25) is 14.3 Å². The SMILES string of the molecule is Cc1cc(NC(=O)/C=C/CN(C)C2CC2)cc(-n2c(=O)n(-c3ccc(Oc4ccccc4)cc3)c3c(N)ncnc32)c1. The minimum atomic E-state index is -0.375. The zero-order chi connectivity index (χ0) is 29.2. The van der Waals surface area contributed by atoms with E-state index in [1.807, 2.05) is 55.5 Å². The maximum Gasteiger partial charge on any atom is 0.339 e. The van der Waals surface area contributed by atoms with Crippen molar-refractivity contribution in [2.75, 3.05) is 24.6 Å². The summed E-state index contributed by atoms with van der Waals surface area (Å²) in [5.74, 6) is 1.26. The third-order valence-corrected chi connectivity index (χ3v) is 7.14. The van der Waals surface area contributed by atoms with Crippen LogP contribution >= 0.6 is 0 Å². The van der Waals surface area contributed by atoms with Crippen LogP contribution in [0.2, 0.25) is 0 Å². The number of hydrogen-bond acceptors (Lipinski definition) is 7. The summed E-state index contributed by atoms with van der Waals surface area (Å²) >= 11 is 0. The molecule has 212 valence electrons. The van der Waals surface area contributed by atoms with E-state index in [1.54, 1.807) is 30.3 Å². The van der Waals surface area contributed by atoms with Crippen LogP contribution in [-0.4, -0.2) is 49.5 Å². The number of aryl methyl sites for hydroxylation is 1. The number of hydrogen-bond donors (Lipinski definition) is 2. The van der Waals surface area contributed by atoms with Gasteiger partial charge in [-0.1, -0.05) is 24.3 Å². The van der Waals surface area contributed by atoms with Crippen molar-refractivity contribution < 1.29 is 9.53 Å². The number of nitrogens with zero attached hydrogens (tertiary/aromatic N) is 5. The highest BCUT2D eigenvalue weighted by molar-refractivity contribution is 5.99. The molecule has 0 radical (unpaired) electrons. The minimum Gasteiger partial charge on any atom is -0.457 e. The molecule has 0 spiro atoms. The maximum absolute atomic E-state index is 14.0. The van der Waals surface area contributed by atoms with Gasteiger partial charge in [0, 0.05) is 24.4 Å². The molecular formula is C32H31N7O3. The molecule has 42 heavy (non-hydrogen) atoms. The van der Waals surface area contributed by atoms with Gasteiger partial charge < -0.3 is 15.8 Å². The molecule has 10 heteroatoms. The van der Waals surface area contributed by atoms with E-state index < -0.39 is 0 Å². The Kier molecular flexibility index (Phi) is 7.28. The predicted octanol–water partition coefficient (Wildman–Crippen LogP) is 4.84. The number of aromatic nitrogens is 4. The van der Waals surface area contributed by atoms with Crippen molar-refractivity contribution in [3.63, 3.8) is 0 Å². The standard InChI is InChI=1S/C32H31N7O3/c1-21-17-22(36-28(40)9-6-16-37(2)23-10-11-23)19-25(18-21)39-31-29(30(33)34-20-35-31)38(32(39)41)24-12-14-27(15-13-24)42-26-7-4-3-5-8-26/h3-9,12-15,17-20,23H,10-11,16H2,1-2H3,(H,36,40)(H2,33,34,35)/b9-6+. The summed E-state index contributed by atoms with van der Waals surface area (Å²) in [6.07, 6.45) is 7.15. The Hall–Kier alpha value is -5.22. The van der Waals surface area contributed by atoms with E-state index in [1.165, 1.54) is 34.4 Å². The number of benzene rings is 3. The molecule has 0 bridgehead atoms. The van der Waals surface area contributed by atoms with Crippen molar-refractivity contribution in [2.24, 2.45) is 0 Å². The molecule has 0 aliphatic heterocycles. The number of anilines is 2. The fourth-order valence-electron chi connectivity index (χ4n) is 4.95. The van der Waals surface area contributed by atoms with Crippen LogP contribution in [-0.2, 0) is 4.79 Å². The molecule has 3 aromatic carbocycles. The number of nitrogen functional groups attached to an aromatic ring is 1. The summed E-state index contributed by atoms with van der Waals surface area (Å²) in [4.78, 5) is 37.4. The molecule has 0 saturated heterocycles. The first kappa shape index (κ1) is 27.0. The normalized spacial score (nSPS) is 13.2. The molecule has 2 heterocycles. The van der Waals surface area contributed by atoms with Crippen molar-refractivity contribution in [3.8, 4) is 22.9 Å². The molecule has 0 atom stereocenters. The third kappa shape index (κ3) is 5.65. The summed E-state index contributed by atoms with van der Waals surface area (Å²) in [5, 5.41) is 2.92. The number of nitrogens with two attached hydrogens (primary N) is 1. The number of para-hydroxylation sites is 1.